The summed E-state index contributed by atoms with van der Waals surface area (Å²) in [5.74, 6) is 0. The van der Waals surface area contributed by atoms with Gasteiger partial charge in [-0.05, 0) is 35.4 Å². The van der Waals surface area contributed by atoms with Crippen molar-refractivity contribution in [3.8, 4) is 0 Å². The Morgan fingerprint density at radius 2 is 2.19 bits per heavy atom. The van der Waals surface area contributed by atoms with E-state index < -0.39 is 0 Å². The van der Waals surface area contributed by atoms with Crippen LogP contribution in [0.3, 0.4) is 0 Å². The third-order valence-electron chi connectivity index (χ3n) is 2.58. The maximum atomic E-state index is 5.01. The normalized spacial score (nSPS) is 11.1. The van der Waals surface area contributed by atoms with Gasteiger partial charge in [0, 0.05) is 25.0 Å². The number of thiophene rings is 1. The summed E-state index contributed by atoms with van der Waals surface area (Å²) in [6.07, 6.45) is 1.07. The van der Waals surface area contributed by atoms with Gasteiger partial charge in [0.2, 0.25) is 0 Å². The van der Waals surface area contributed by atoms with Crippen molar-refractivity contribution in [1.29, 1.82) is 0 Å². The minimum atomic E-state index is 0.831. The second-order valence-corrected chi connectivity index (χ2v) is 4.69. The van der Waals surface area contributed by atoms with E-state index in [2.05, 4.69) is 35.0 Å². The highest BCUT2D eigenvalue weighted by atomic mass is 32.1. The van der Waals surface area contributed by atoms with E-state index in [1.54, 1.807) is 7.11 Å². The van der Waals surface area contributed by atoms with Crippen molar-refractivity contribution in [3.63, 3.8) is 0 Å². The molecular weight excluding hydrogens is 218 g/mol. The fraction of sp³-hybridized carbons (Fsp3) is 0.385. The quantitative estimate of drug-likeness (QED) is 0.777. The first-order valence-electron chi connectivity index (χ1n) is 5.56. The lowest BCUT2D eigenvalue weighted by molar-refractivity contribution is 0.194. The Kier molecular flexibility index (Phi) is 4.34. The second-order valence-electron chi connectivity index (χ2n) is 3.78. The van der Waals surface area contributed by atoms with Crippen molar-refractivity contribution >= 4 is 21.4 Å². The number of ether oxygens (including phenoxy) is 1. The molecule has 0 atom stereocenters. The molecule has 0 fully saturated rings. The van der Waals surface area contributed by atoms with Crippen molar-refractivity contribution in [1.82, 2.24) is 5.32 Å². The Balaban J connectivity index is 1.89. The molecule has 2 aromatic rings. The first-order valence-corrected chi connectivity index (χ1v) is 6.44. The van der Waals surface area contributed by atoms with Crippen LogP contribution in [-0.2, 0) is 11.3 Å². The average Bonchev–Trinajstić information content (AvgIpc) is 2.73. The van der Waals surface area contributed by atoms with E-state index in [1.165, 1.54) is 15.6 Å². The summed E-state index contributed by atoms with van der Waals surface area (Å²) in [4.78, 5) is 0. The van der Waals surface area contributed by atoms with Crippen LogP contribution in [-0.4, -0.2) is 20.3 Å². The van der Waals surface area contributed by atoms with E-state index in [4.69, 9.17) is 4.74 Å². The summed E-state index contributed by atoms with van der Waals surface area (Å²) in [6.45, 7) is 2.79. The molecule has 1 aromatic heterocycles. The summed E-state index contributed by atoms with van der Waals surface area (Å²) in [5.41, 5.74) is 1.40. The molecule has 0 aliphatic rings. The predicted molar refractivity (Wildman–Crippen MR) is 70.0 cm³/mol. The topological polar surface area (TPSA) is 21.3 Å². The zero-order valence-corrected chi connectivity index (χ0v) is 10.3. The van der Waals surface area contributed by atoms with Crippen molar-refractivity contribution < 1.29 is 4.74 Å². The van der Waals surface area contributed by atoms with Crippen LogP contribution >= 0.6 is 11.3 Å². The Labute approximate surface area is 100 Å². The predicted octanol–water partition coefficient (Wildman–Crippen LogP) is 3.03. The average molecular weight is 235 g/mol. The summed E-state index contributed by atoms with van der Waals surface area (Å²) >= 11 is 1.82. The monoisotopic (exact) mass is 235 g/mol. The molecule has 1 N–H and O–H groups in total. The lowest BCUT2D eigenvalue weighted by Gasteiger charge is -2.03. The first kappa shape index (κ1) is 11.6. The molecule has 2 rings (SSSR count). The molecule has 0 radical (unpaired) electrons. The maximum Gasteiger partial charge on any atom is 0.0474 e. The van der Waals surface area contributed by atoms with Gasteiger partial charge in [-0.1, -0.05) is 18.2 Å². The van der Waals surface area contributed by atoms with Gasteiger partial charge in [0.1, 0.15) is 0 Å². The Morgan fingerprint density at radius 1 is 1.31 bits per heavy atom. The lowest BCUT2D eigenvalue weighted by atomic mass is 10.2. The number of methoxy groups -OCH3 is 1. The number of rotatable bonds is 6. The highest BCUT2D eigenvalue weighted by molar-refractivity contribution is 7.17. The summed E-state index contributed by atoms with van der Waals surface area (Å²) in [6, 6.07) is 8.56. The molecule has 1 aromatic carbocycles. The van der Waals surface area contributed by atoms with Crippen LogP contribution in [0.4, 0.5) is 0 Å². The minimum Gasteiger partial charge on any atom is -0.385 e. The summed E-state index contributed by atoms with van der Waals surface area (Å²) < 4.78 is 6.38. The molecule has 0 saturated heterocycles. The molecule has 0 aliphatic heterocycles. The van der Waals surface area contributed by atoms with Crippen LogP contribution in [0.2, 0.25) is 0 Å². The van der Waals surface area contributed by atoms with Crippen LogP contribution in [0.25, 0.3) is 10.1 Å². The third-order valence-corrected chi connectivity index (χ3v) is 3.59. The smallest absolute Gasteiger partial charge is 0.0474 e. The summed E-state index contributed by atoms with van der Waals surface area (Å²) in [7, 11) is 1.74. The highest BCUT2D eigenvalue weighted by Crippen LogP contribution is 2.25. The molecule has 0 aliphatic carbocycles. The number of benzene rings is 1. The molecule has 86 valence electrons. The van der Waals surface area contributed by atoms with Crippen LogP contribution in [0.1, 0.15) is 12.0 Å². The molecular formula is C13H17NOS. The van der Waals surface area contributed by atoms with E-state index >= 15 is 0 Å². The fourth-order valence-corrected chi connectivity index (χ4v) is 2.70. The molecule has 16 heavy (non-hydrogen) atoms. The zero-order valence-electron chi connectivity index (χ0n) is 9.53. The van der Waals surface area contributed by atoms with Gasteiger partial charge < -0.3 is 10.1 Å². The number of nitrogens with one attached hydrogen (secondary N) is 1. The van der Waals surface area contributed by atoms with Crippen LogP contribution in [0.15, 0.2) is 29.6 Å². The van der Waals surface area contributed by atoms with Gasteiger partial charge in [-0.2, -0.15) is 0 Å². The second kappa shape index (κ2) is 5.99. The number of hydrogen-bond acceptors (Lipinski definition) is 3. The molecule has 1 heterocycles. The van der Waals surface area contributed by atoms with Crippen LogP contribution in [0.5, 0.6) is 0 Å². The van der Waals surface area contributed by atoms with Crippen LogP contribution in [0, 0.1) is 0 Å². The van der Waals surface area contributed by atoms with Gasteiger partial charge in [0.15, 0.2) is 0 Å². The van der Waals surface area contributed by atoms with Gasteiger partial charge in [-0.3, -0.25) is 0 Å². The van der Waals surface area contributed by atoms with Gasteiger partial charge in [0.25, 0.3) is 0 Å². The van der Waals surface area contributed by atoms with E-state index in [1.807, 2.05) is 11.3 Å². The first-order chi connectivity index (χ1) is 7.92. The lowest BCUT2D eigenvalue weighted by Crippen LogP contribution is -2.15. The Morgan fingerprint density at radius 3 is 3.06 bits per heavy atom. The molecule has 0 unspecified atom stereocenters. The van der Waals surface area contributed by atoms with Crippen molar-refractivity contribution in [2.24, 2.45) is 0 Å². The van der Waals surface area contributed by atoms with E-state index in [0.29, 0.717) is 0 Å². The SMILES string of the molecule is COCCCNCc1csc2ccccc12. The van der Waals surface area contributed by atoms with Gasteiger partial charge in [-0.15, -0.1) is 11.3 Å². The highest BCUT2D eigenvalue weighted by Gasteiger charge is 2.01. The minimum absolute atomic E-state index is 0.831. The molecule has 0 spiro atoms. The van der Waals surface area contributed by atoms with Crippen LogP contribution < -0.4 is 5.32 Å². The molecule has 3 heteroatoms. The van der Waals surface area contributed by atoms with Crippen molar-refractivity contribution in [3.05, 3.63) is 35.2 Å². The van der Waals surface area contributed by atoms with Crippen molar-refractivity contribution in [2.45, 2.75) is 13.0 Å². The standard InChI is InChI=1S/C13H17NOS/c1-15-8-4-7-14-9-11-10-16-13-6-3-2-5-12(11)13/h2-3,5-6,10,14H,4,7-9H2,1H3. The van der Waals surface area contributed by atoms with Crippen molar-refractivity contribution in [2.75, 3.05) is 20.3 Å². The molecule has 0 bridgehead atoms. The Hall–Kier alpha value is -0.900. The molecule has 0 amide bonds. The van der Waals surface area contributed by atoms with E-state index in [9.17, 15) is 0 Å². The number of fused-ring (bicyclic) bond motifs is 1. The van der Waals surface area contributed by atoms with E-state index in [-0.39, 0.29) is 0 Å². The van der Waals surface area contributed by atoms with E-state index in [0.717, 1.165) is 26.1 Å². The third kappa shape index (κ3) is 2.82. The zero-order chi connectivity index (χ0) is 11.2. The van der Waals surface area contributed by atoms with Gasteiger partial charge >= 0.3 is 0 Å². The molecule has 0 saturated carbocycles. The largest absolute Gasteiger partial charge is 0.385 e. The fourth-order valence-electron chi connectivity index (χ4n) is 1.73. The number of hydrogen-bond donors (Lipinski definition) is 1. The molecule has 2 nitrogen and oxygen atoms in total. The maximum absolute atomic E-state index is 5.01. The summed E-state index contributed by atoms with van der Waals surface area (Å²) in [5, 5.41) is 7.07. The van der Waals surface area contributed by atoms with Gasteiger partial charge in [-0.25, -0.2) is 0 Å². The van der Waals surface area contributed by atoms with Gasteiger partial charge in [0.05, 0.1) is 0 Å². The Bertz CT molecular complexity index is 438.